The summed E-state index contributed by atoms with van der Waals surface area (Å²) in [5.41, 5.74) is 6.70. The predicted octanol–water partition coefficient (Wildman–Crippen LogP) is 2.80. The first-order chi connectivity index (χ1) is 9.24. The highest BCUT2D eigenvalue weighted by atomic mass is 79.9. The Morgan fingerprint density at radius 2 is 1.79 bits per heavy atom. The van der Waals surface area contributed by atoms with E-state index in [0.29, 0.717) is 33.0 Å². The molecule has 0 atom stereocenters. The van der Waals surface area contributed by atoms with E-state index in [-0.39, 0.29) is 0 Å². The smallest absolute Gasteiger partial charge is 0.0701 e. The van der Waals surface area contributed by atoms with Gasteiger partial charge in [0.25, 0.3) is 0 Å². The zero-order valence-electron chi connectivity index (χ0n) is 11.1. The number of nitrogen functional groups attached to an aromatic ring is 1. The quantitative estimate of drug-likeness (QED) is 0.400. The van der Waals surface area contributed by atoms with Crippen molar-refractivity contribution in [3.63, 3.8) is 0 Å². The van der Waals surface area contributed by atoms with E-state index in [1.807, 2.05) is 18.2 Å². The predicted molar refractivity (Wildman–Crippen MR) is 82.8 cm³/mol. The molecule has 0 saturated carbocycles. The highest BCUT2D eigenvalue weighted by Gasteiger charge is 2.00. The highest BCUT2D eigenvalue weighted by molar-refractivity contribution is 9.10. The van der Waals surface area contributed by atoms with Crippen LogP contribution in [0.4, 0.5) is 5.69 Å². The Bertz CT molecular complexity index is 366. The van der Waals surface area contributed by atoms with E-state index in [1.165, 1.54) is 0 Å². The molecule has 0 radical (unpaired) electrons. The molecule has 0 spiro atoms. The minimum Gasteiger partial charge on any atom is -0.398 e. The van der Waals surface area contributed by atoms with E-state index in [4.69, 9.17) is 19.9 Å². The number of hydrogen-bond acceptors (Lipinski definition) is 5. The monoisotopic (exact) mass is 349 g/mol. The minimum absolute atomic E-state index is 0.606. The van der Waals surface area contributed by atoms with E-state index in [0.717, 1.165) is 20.8 Å². The average Bonchev–Trinajstić information content (AvgIpc) is 2.39. The number of anilines is 1. The van der Waals surface area contributed by atoms with Crippen molar-refractivity contribution in [2.45, 2.75) is 4.90 Å². The molecule has 19 heavy (non-hydrogen) atoms. The van der Waals surface area contributed by atoms with E-state index >= 15 is 0 Å². The summed E-state index contributed by atoms with van der Waals surface area (Å²) in [5, 5.41) is 0. The molecule has 0 heterocycles. The van der Waals surface area contributed by atoms with Gasteiger partial charge in [-0.25, -0.2) is 0 Å². The van der Waals surface area contributed by atoms with E-state index < -0.39 is 0 Å². The summed E-state index contributed by atoms with van der Waals surface area (Å²) in [6.45, 7) is 3.14. The zero-order chi connectivity index (χ0) is 13.9. The number of hydrogen-bond donors (Lipinski definition) is 1. The van der Waals surface area contributed by atoms with Crippen molar-refractivity contribution in [2.24, 2.45) is 0 Å². The molecule has 1 aromatic rings. The molecule has 0 aliphatic heterocycles. The molecule has 1 aromatic carbocycles. The molecule has 2 N–H and O–H groups in total. The molecule has 108 valence electrons. The van der Waals surface area contributed by atoms with Crippen LogP contribution in [0, 0.1) is 0 Å². The number of benzene rings is 1. The van der Waals surface area contributed by atoms with E-state index in [1.54, 1.807) is 18.9 Å². The van der Waals surface area contributed by atoms with Gasteiger partial charge in [0.05, 0.1) is 33.0 Å². The zero-order valence-corrected chi connectivity index (χ0v) is 13.5. The van der Waals surface area contributed by atoms with Crippen LogP contribution in [0.25, 0.3) is 0 Å². The van der Waals surface area contributed by atoms with Crippen molar-refractivity contribution in [2.75, 3.05) is 51.6 Å². The molecule has 0 saturated heterocycles. The molecule has 0 bridgehead atoms. The Labute approximate surface area is 127 Å². The largest absolute Gasteiger partial charge is 0.398 e. The lowest BCUT2D eigenvalue weighted by Gasteiger charge is -2.07. The SMILES string of the molecule is COCCOCCOCCSc1ccc(Br)cc1N. The summed E-state index contributed by atoms with van der Waals surface area (Å²) in [6.07, 6.45) is 0. The molecule has 0 amide bonds. The van der Waals surface area contributed by atoms with Crippen LogP contribution in [0.15, 0.2) is 27.6 Å². The van der Waals surface area contributed by atoms with Gasteiger partial charge in [0.2, 0.25) is 0 Å². The topological polar surface area (TPSA) is 53.7 Å². The van der Waals surface area contributed by atoms with Crippen LogP contribution in [0.3, 0.4) is 0 Å². The summed E-state index contributed by atoms with van der Waals surface area (Å²) in [5.74, 6) is 0.879. The first-order valence-electron chi connectivity index (χ1n) is 6.06. The number of thioether (sulfide) groups is 1. The lowest BCUT2D eigenvalue weighted by Crippen LogP contribution is -2.09. The summed E-state index contributed by atoms with van der Waals surface area (Å²) in [4.78, 5) is 1.09. The normalized spacial score (nSPS) is 10.8. The van der Waals surface area contributed by atoms with Crippen molar-refractivity contribution in [1.29, 1.82) is 0 Å². The minimum atomic E-state index is 0.606. The fourth-order valence-corrected chi connectivity index (χ4v) is 2.52. The van der Waals surface area contributed by atoms with Gasteiger partial charge in [-0.05, 0) is 18.2 Å². The van der Waals surface area contributed by atoms with Crippen LogP contribution in [0.5, 0.6) is 0 Å². The first-order valence-corrected chi connectivity index (χ1v) is 7.84. The number of ether oxygens (including phenoxy) is 3. The third-order valence-electron chi connectivity index (χ3n) is 2.26. The van der Waals surface area contributed by atoms with Gasteiger partial charge in [-0.1, -0.05) is 15.9 Å². The molecule has 0 aromatic heterocycles. The van der Waals surface area contributed by atoms with Crippen molar-refractivity contribution in [3.8, 4) is 0 Å². The van der Waals surface area contributed by atoms with Gasteiger partial charge in [-0.3, -0.25) is 0 Å². The van der Waals surface area contributed by atoms with Crippen LogP contribution in [0.2, 0.25) is 0 Å². The van der Waals surface area contributed by atoms with Gasteiger partial charge in [0.15, 0.2) is 0 Å². The van der Waals surface area contributed by atoms with Crippen molar-refractivity contribution >= 4 is 33.4 Å². The summed E-state index contributed by atoms with van der Waals surface area (Å²) in [6, 6.07) is 5.91. The first kappa shape index (κ1) is 16.8. The van der Waals surface area contributed by atoms with Crippen LogP contribution in [-0.4, -0.2) is 45.9 Å². The third-order valence-corrected chi connectivity index (χ3v) is 3.81. The highest BCUT2D eigenvalue weighted by Crippen LogP contribution is 2.27. The van der Waals surface area contributed by atoms with Gasteiger partial charge in [-0.15, -0.1) is 11.8 Å². The number of methoxy groups -OCH3 is 1. The Balaban J connectivity index is 2.01. The Kier molecular flexibility index (Phi) is 9.28. The average molecular weight is 350 g/mol. The number of rotatable bonds is 10. The molecule has 0 unspecified atom stereocenters. The molecule has 0 fully saturated rings. The van der Waals surface area contributed by atoms with Gasteiger partial charge in [-0.2, -0.15) is 0 Å². The lowest BCUT2D eigenvalue weighted by molar-refractivity contribution is 0.0286. The summed E-state index contributed by atoms with van der Waals surface area (Å²) >= 11 is 5.08. The van der Waals surface area contributed by atoms with Crippen molar-refractivity contribution < 1.29 is 14.2 Å². The second kappa shape index (κ2) is 10.5. The molecular weight excluding hydrogens is 330 g/mol. The fourth-order valence-electron chi connectivity index (χ4n) is 1.33. The number of halogens is 1. The second-order valence-corrected chi connectivity index (χ2v) is 5.80. The van der Waals surface area contributed by atoms with Gasteiger partial charge < -0.3 is 19.9 Å². The molecule has 6 heteroatoms. The molecule has 1 rings (SSSR count). The van der Waals surface area contributed by atoms with Crippen molar-refractivity contribution in [3.05, 3.63) is 22.7 Å². The van der Waals surface area contributed by atoms with Crippen LogP contribution >= 0.6 is 27.7 Å². The fraction of sp³-hybridized carbons (Fsp3) is 0.538. The maximum absolute atomic E-state index is 5.91. The molecule has 0 aliphatic carbocycles. The van der Waals surface area contributed by atoms with Gasteiger partial charge in [0.1, 0.15) is 0 Å². The Hall–Kier alpha value is -0.270. The van der Waals surface area contributed by atoms with Gasteiger partial charge >= 0.3 is 0 Å². The maximum Gasteiger partial charge on any atom is 0.0701 e. The number of nitrogens with two attached hydrogens (primary N) is 1. The van der Waals surface area contributed by atoms with Crippen LogP contribution < -0.4 is 5.73 Å². The van der Waals surface area contributed by atoms with Crippen LogP contribution in [-0.2, 0) is 14.2 Å². The lowest BCUT2D eigenvalue weighted by atomic mass is 10.3. The third kappa shape index (κ3) is 7.79. The summed E-state index contributed by atoms with van der Waals surface area (Å²) in [7, 11) is 1.66. The molecule has 0 aliphatic rings. The molecular formula is C13H20BrNO3S. The Morgan fingerprint density at radius 1 is 1.11 bits per heavy atom. The van der Waals surface area contributed by atoms with E-state index in [9.17, 15) is 0 Å². The van der Waals surface area contributed by atoms with Crippen molar-refractivity contribution in [1.82, 2.24) is 0 Å². The van der Waals surface area contributed by atoms with Gasteiger partial charge in [0, 0.05) is 27.9 Å². The summed E-state index contributed by atoms with van der Waals surface area (Å²) < 4.78 is 16.6. The standard InChI is InChI=1S/C13H20BrNO3S/c1-16-4-5-17-6-7-18-8-9-19-13-3-2-11(14)10-12(13)15/h2-3,10H,4-9,15H2,1H3. The molecule has 4 nitrogen and oxygen atoms in total. The second-order valence-electron chi connectivity index (χ2n) is 3.75. The van der Waals surface area contributed by atoms with E-state index in [2.05, 4.69) is 15.9 Å². The Morgan fingerprint density at radius 3 is 2.47 bits per heavy atom. The maximum atomic E-state index is 5.91. The van der Waals surface area contributed by atoms with Crippen LogP contribution in [0.1, 0.15) is 0 Å².